The fourth-order valence-electron chi connectivity index (χ4n) is 4.02. The number of nitrogens with one attached hydrogen (secondary N) is 1. The van der Waals surface area contributed by atoms with Crippen molar-refractivity contribution in [3.63, 3.8) is 0 Å². The van der Waals surface area contributed by atoms with Gasteiger partial charge in [-0.2, -0.15) is 0 Å². The number of carbonyl (C=O) groups excluding carboxylic acids is 3. The molecule has 0 saturated carbocycles. The van der Waals surface area contributed by atoms with Crippen LogP contribution < -0.4 is 11.0 Å². The Morgan fingerprint density at radius 3 is 2.34 bits per heavy atom. The van der Waals surface area contributed by atoms with Crippen LogP contribution in [0.2, 0.25) is 0 Å². The van der Waals surface area contributed by atoms with Gasteiger partial charge in [0.1, 0.15) is 17.5 Å². The van der Waals surface area contributed by atoms with Crippen LogP contribution >= 0.6 is 0 Å². The zero-order valence-corrected chi connectivity index (χ0v) is 19.9. The van der Waals surface area contributed by atoms with Gasteiger partial charge in [0.15, 0.2) is 11.5 Å². The van der Waals surface area contributed by atoms with Gasteiger partial charge >= 0.3 is 5.91 Å². The van der Waals surface area contributed by atoms with Crippen molar-refractivity contribution in [1.82, 2.24) is 15.0 Å². The monoisotopic (exact) mass is 525 g/mol. The molecule has 1 fully saturated rings. The maximum Gasteiger partial charge on any atom is 0.304 e. The van der Waals surface area contributed by atoms with E-state index in [2.05, 4.69) is 5.43 Å². The van der Waals surface area contributed by atoms with E-state index in [0.717, 1.165) is 27.8 Å². The molecule has 8 nitrogen and oxygen atoms in total. The summed E-state index contributed by atoms with van der Waals surface area (Å²) in [5, 5.41) is 11.1. The maximum atomic E-state index is 14.3. The van der Waals surface area contributed by atoms with Crippen LogP contribution in [-0.4, -0.2) is 38.8 Å². The summed E-state index contributed by atoms with van der Waals surface area (Å²) in [6.45, 7) is -0.0617. The van der Waals surface area contributed by atoms with Gasteiger partial charge < -0.3 is 9.67 Å². The van der Waals surface area contributed by atoms with Crippen molar-refractivity contribution >= 4 is 17.6 Å². The number of hydrogen-bond donors (Lipinski definition) is 2. The van der Waals surface area contributed by atoms with Gasteiger partial charge in [-0.05, 0) is 36.2 Å². The smallest absolute Gasteiger partial charge is 0.304 e. The van der Waals surface area contributed by atoms with E-state index in [4.69, 9.17) is 0 Å². The molecule has 2 aromatic carbocycles. The van der Waals surface area contributed by atoms with Crippen molar-refractivity contribution in [3.05, 3.63) is 117 Å². The number of benzene rings is 2. The highest BCUT2D eigenvalue weighted by Crippen LogP contribution is 2.18. The fraction of sp³-hybridized carbons (Fsp3) is 0.185. The lowest BCUT2D eigenvalue weighted by molar-refractivity contribution is -0.137. The first kappa shape index (κ1) is 26.4. The average molecular weight is 525 g/mol. The highest BCUT2D eigenvalue weighted by molar-refractivity contribution is 6.08. The van der Waals surface area contributed by atoms with E-state index in [1.165, 1.54) is 30.5 Å². The third-order valence-electron chi connectivity index (χ3n) is 5.96. The molecule has 11 heteroatoms. The molecule has 2 N–H and O–H groups in total. The van der Waals surface area contributed by atoms with Crippen LogP contribution in [0.5, 0.6) is 0 Å². The molecule has 196 valence electrons. The number of pyridine rings is 1. The quantitative estimate of drug-likeness (QED) is 0.267. The largest absolute Gasteiger partial charge is 0.503 e. The van der Waals surface area contributed by atoms with Gasteiger partial charge in [0.2, 0.25) is 5.91 Å². The minimum absolute atomic E-state index is 0.121. The Morgan fingerprint density at radius 1 is 1.00 bits per heavy atom. The molecule has 0 atom stereocenters. The van der Waals surface area contributed by atoms with E-state index < -0.39 is 46.0 Å². The second-order valence-corrected chi connectivity index (χ2v) is 8.65. The van der Waals surface area contributed by atoms with Gasteiger partial charge in [0.05, 0.1) is 12.1 Å². The second kappa shape index (κ2) is 11.2. The first-order valence-electron chi connectivity index (χ1n) is 11.6. The second-order valence-electron chi connectivity index (χ2n) is 8.65. The summed E-state index contributed by atoms with van der Waals surface area (Å²) >= 11 is 0. The first-order valence-corrected chi connectivity index (χ1v) is 11.6. The van der Waals surface area contributed by atoms with Crippen molar-refractivity contribution < 1.29 is 32.7 Å². The van der Waals surface area contributed by atoms with Crippen LogP contribution in [0.1, 0.15) is 39.9 Å². The molecule has 1 aliphatic heterocycles. The summed E-state index contributed by atoms with van der Waals surface area (Å²) in [5.74, 6) is -5.91. The Kier molecular flexibility index (Phi) is 7.75. The molecule has 1 saturated heterocycles. The molecule has 0 radical (unpaired) electrons. The Hall–Kier alpha value is -4.67. The highest BCUT2D eigenvalue weighted by atomic mass is 19.1. The number of aliphatic hydroxyl groups is 1. The topological polar surface area (TPSA) is 109 Å². The van der Waals surface area contributed by atoms with E-state index in [1.54, 1.807) is 6.07 Å². The molecule has 3 aromatic rings. The lowest BCUT2D eigenvalue weighted by Gasteiger charge is -2.16. The fourth-order valence-corrected chi connectivity index (χ4v) is 4.02. The number of aliphatic hydroxyl groups excluding tert-OH is 1. The lowest BCUT2D eigenvalue weighted by Crippen LogP contribution is -2.43. The number of hydrogen-bond acceptors (Lipinski definition) is 5. The summed E-state index contributed by atoms with van der Waals surface area (Å²) in [6, 6.07) is 10.0. The molecular weight excluding hydrogens is 503 g/mol. The molecule has 38 heavy (non-hydrogen) atoms. The summed E-state index contributed by atoms with van der Waals surface area (Å²) in [5.41, 5.74) is 0.729. The molecule has 0 spiro atoms. The third-order valence-corrected chi connectivity index (χ3v) is 5.96. The van der Waals surface area contributed by atoms with Crippen molar-refractivity contribution in [1.29, 1.82) is 0 Å². The number of hydrazine groups is 1. The van der Waals surface area contributed by atoms with Crippen molar-refractivity contribution in [2.75, 3.05) is 6.54 Å². The number of rotatable bonds is 8. The molecule has 0 unspecified atom stereocenters. The molecule has 0 aliphatic carbocycles. The molecule has 4 rings (SSSR count). The van der Waals surface area contributed by atoms with Gasteiger partial charge in [-0.25, -0.2) is 13.2 Å². The summed E-state index contributed by atoms with van der Waals surface area (Å²) < 4.78 is 43.9. The minimum atomic E-state index is -1.13. The average Bonchev–Trinajstić information content (AvgIpc) is 3.28. The van der Waals surface area contributed by atoms with Gasteiger partial charge in [-0.15, -0.1) is 0 Å². The molecule has 1 aromatic heterocycles. The van der Waals surface area contributed by atoms with E-state index >= 15 is 0 Å². The zero-order chi connectivity index (χ0) is 27.4. The van der Waals surface area contributed by atoms with Crippen molar-refractivity contribution in [2.45, 2.75) is 25.8 Å². The summed E-state index contributed by atoms with van der Waals surface area (Å²) in [6.07, 6.45) is 2.16. The van der Waals surface area contributed by atoms with Crippen LogP contribution in [0.3, 0.4) is 0 Å². The summed E-state index contributed by atoms with van der Waals surface area (Å²) in [4.78, 5) is 50.0. The van der Waals surface area contributed by atoms with Crippen molar-refractivity contribution in [3.8, 4) is 0 Å². The Bertz CT molecular complexity index is 1500. The van der Waals surface area contributed by atoms with Crippen LogP contribution in [0.15, 0.2) is 71.4 Å². The number of nitrogens with zero attached hydrogens (tertiary/aromatic N) is 2. The predicted molar refractivity (Wildman–Crippen MR) is 130 cm³/mol. The molecule has 2 heterocycles. The van der Waals surface area contributed by atoms with Gasteiger partial charge in [-0.3, -0.25) is 29.6 Å². The van der Waals surface area contributed by atoms with E-state index in [9.17, 15) is 37.5 Å². The standard InChI is InChI=1S/C27H22F3N3O5/c28-20-6-2-1-5-17(20)15-32-14-16(11-18-21(29)7-3-8-22(18)30)12-19(27(32)38)23(34)13-24(35)26(37)31-33-10-4-9-25(33)36/h1-3,5-8,12-14,35H,4,9-11,15H2,(H,31,37). The third kappa shape index (κ3) is 5.83. The predicted octanol–water partition coefficient (Wildman–Crippen LogP) is 3.18. The van der Waals surface area contributed by atoms with Gasteiger partial charge in [0, 0.05) is 42.8 Å². The van der Waals surface area contributed by atoms with E-state index in [-0.39, 0.29) is 48.5 Å². The SMILES string of the molecule is O=C(NN1CCCC1=O)C(O)=CC(=O)c1cc(Cc2c(F)cccc2F)cn(Cc2ccccc2F)c1=O. The van der Waals surface area contributed by atoms with E-state index in [1.807, 2.05) is 0 Å². The molecule has 1 aliphatic rings. The Balaban J connectivity index is 1.70. The zero-order valence-electron chi connectivity index (χ0n) is 19.9. The van der Waals surface area contributed by atoms with E-state index in [0.29, 0.717) is 12.5 Å². The molecule has 0 bridgehead atoms. The molecular formula is C27H22F3N3O5. The summed E-state index contributed by atoms with van der Waals surface area (Å²) in [7, 11) is 0. The lowest BCUT2D eigenvalue weighted by atomic mass is 10.0. The highest BCUT2D eigenvalue weighted by Gasteiger charge is 2.24. The molecule has 2 amide bonds. The van der Waals surface area contributed by atoms with Crippen LogP contribution in [0.4, 0.5) is 13.2 Å². The van der Waals surface area contributed by atoms with Crippen molar-refractivity contribution in [2.24, 2.45) is 0 Å². The van der Waals surface area contributed by atoms with Gasteiger partial charge in [0.25, 0.3) is 5.56 Å². The Morgan fingerprint density at radius 2 is 1.68 bits per heavy atom. The number of carbonyl (C=O) groups is 3. The number of allylic oxidation sites excluding steroid dienone is 1. The maximum absolute atomic E-state index is 14.3. The number of ketones is 1. The number of aromatic nitrogens is 1. The number of amides is 2. The van der Waals surface area contributed by atoms with Crippen LogP contribution in [0, 0.1) is 17.5 Å². The minimum Gasteiger partial charge on any atom is -0.503 e. The number of halogens is 3. The van der Waals surface area contributed by atoms with Crippen LogP contribution in [-0.2, 0) is 22.6 Å². The first-order chi connectivity index (χ1) is 18.1. The normalized spacial score (nSPS) is 13.6. The van der Waals surface area contributed by atoms with Gasteiger partial charge in [-0.1, -0.05) is 24.3 Å². The Labute approximate surface area is 214 Å². The van der Waals surface area contributed by atoms with Crippen LogP contribution in [0.25, 0.3) is 0 Å².